The Labute approximate surface area is 118 Å². The zero-order valence-electron chi connectivity index (χ0n) is 10.1. The summed E-state index contributed by atoms with van der Waals surface area (Å²) < 4.78 is 0. The van der Waals surface area contributed by atoms with Gasteiger partial charge in [-0.25, -0.2) is 9.78 Å². The fourth-order valence-corrected chi connectivity index (χ4v) is 2.21. The minimum Gasteiger partial charge on any atom is -0.480 e. The molecule has 0 saturated carbocycles. The van der Waals surface area contributed by atoms with Gasteiger partial charge in [0.05, 0.1) is 6.33 Å². The Kier molecular flexibility index (Phi) is 4.43. The molecule has 0 aliphatic rings. The fraction of sp³-hybridized carbons (Fsp3) is 0.400. The summed E-state index contributed by atoms with van der Waals surface area (Å²) in [7, 11) is 0. The van der Waals surface area contributed by atoms with Crippen LogP contribution in [0, 0.1) is 0 Å². The van der Waals surface area contributed by atoms with E-state index < -0.39 is 12.0 Å². The average Bonchev–Trinajstić information content (AvgIpc) is 2.81. The molecule has 2 rings (SSSR count). The fourth-order valence-electron chi connectivity index (χ4n) is 1.57. The van der Waals surface area contributed by atoms with Crippen molar-refractivity contribution in [3.8, 4) is 0 Å². The smallest absolute Gasteiger partial charge is 0.326 e. The zero-order chi connectivity index (χ0) is 13.8. The number of carboxylic acids is 1. The molecule has 1 atom stereocenters. The molecule has 2 aromatic heterocycles. The van der Waals surface area contributed by atoms with E-state index in [2.05, 4.69) is 25.3 Å². The van der Waals surface area contributed by atoms with E-state index in [9.17, 15) is 9.90 Å². The minimum atomic E-state index is -0.934. The van der Waals surface area contributed by atoms with Crippen LogP contribution in [0.1, 0.15) is 6.42 Å². The van der Waals surface area contributed by atoms with Gasteiger partial charge in [0.25, 0.3) is 0 Å². The summed E-state index contributed by atoms with van der Waals surface area (Å²) in [5.74, 6) is 0.145. The summed E-state index contributed by atoms with van der Waals surface area (Å²) in [5.41, 5.74) is 0.941. The van der Waals surface area contributed by atoms with Crippen LogP contribution < -0.4 is 5.32 Å². The van der Waals surface area contributed by atoms with Crippen LogP contribution in [0.25, 0.3) is 11.2 Å². The predicted molar refractivity (Wildman–Crippen MR) is 74.7 cm³/mol. The third-order valence-electron chi connectivity index (χ3n) is 2.48. The molecule has 0 amide bonds. The number of aromatic nitrogens is 4. The van der Waals surface area contributed by atoms with Gasteiger partial charge in [-0.15, -0.1) is 0 Å². The molecule has 0 radical (unpaired) electrons. The number of anilines is 1. The van der Waals surface area contributed by atoms with Gasteiger partial charge in [-0.05, 0) is 30.0 Å². The second-order valence-electron chi connectivity index (χ2n) is 3.76. The van der Waals surface area contributed by atoms with Crippen molar-refractivity contribution in [2.75, 3.05) is 17.3 Å². The number of aromatic amines is 1. The molecule has 0 bridgehead atoms. The summed E-state index contributed by atoms with van der Waals surface area (Å²) >= 11 is 7.36. The van der Waals surface area contributed by atoms with E-state index in [0.29, 0.717) is 23.4 Å². The van der Waals surface area contributed by atoms with Gasteiger partial charge in [-0.2, -0.15) is 21.7 Å². The number of hydrogen-bond acceptors (Lipinski definition) is 6. The highest BCUT2D eigenvalue weighted by molar-refractivity contribution is 7.98. The highest BCUT2D eigenvalue weighted by Crippen LogP contribution is 2.20. The third kappa shape index (κ3) is 3.27. The number of carboxylic acid groups (broad SMARTS) is 1. The van der Waals surface area contributed by atoms with E-state index in [1.807, 2.05) is 6.26 Å². The van der Waals surface area contributed by atoms with Crippen LogP contribution in [0.15, 0.2) is 6.33 Å². The zero-order valence-corrected chi connectivity index (χ0v) is 11.6. The maximum absolute atomic E-state index is 11.2. The number of nitrogens with one attached hydrogen (secondary N) is 2. The van der Waals surface area contributed by atoms with Crippen molar-refractivity contribution >= 4 is 46.3 Å². The number of carbonyl (C=O) groups is 1. The van der Waals surface area contributed by atoms with Crippen LogP contribution in [0.4, 0.5) is 5.82 Å². The van der Waals surface area contributed by atoms with Crippen molar-refractivity contribution in [1.29, 1.82) is 0 Å². The summed E-state index contributed by atoms with van der Waals surface area (Å²) in [6.07, 6.45) is 3.86. The first kappa shape index (κ1) is 13.9. The summed E-state index contributed by atoms with van der Waals surface area (Å²) in [6.45, 7) is 0. The second kappa shape index (κ2) is 6.07. The Morgan fingerprint density at radius 2 is 2.42 bits per heavy atom. The van der Waals surface area contributed by atoms with Gasteiger partial charge in [-0.3, -0.25) is 0 Å². The Balaban J connectivity index is 2.27. The summed E-state index contributed by atoms with van der Waals surface area (Å²) in [4.78, 5) is 26.0. The molecule has 2 heterocycles. The molecule has 7 nitrogen and oxygen atoms in total. The van der Waals surface area contributed by atoms with E-state index in [4.69, 9.17) is 11.6 Å². The number of hydrogen-bond donors (Lipinski definition) is 3. The number of rotatable bonds is 6. The highest BCUT2D eigenvalue weighted by atomic mass is 35.5. The quantitative estimate of drug-likeness (QED) is 0.696. The number of fused-ring (bicyclic) bond motifs is 1. The lowest BCUT2D eigenvalue weighted by atomic mass is 10.2. The summed E-state index contributed by atoms with van der Waals surface area (Å²) in [6, 6.07) is -0.732. The Morgan fingerprint density at radius 1 is 1.63 bits per heavy atom. The Bertz CT molecular complexity index is 590. The lowest BCUT2D eigenvalue weighted by Crippen LogP contribution is -2.30. The molecule has 3 N–H and O–H groups in total. The van der Waals surface area contributed by atoms with Gasteiger partial charge in [0, 0.05) is 0 Å². The van der Waals surface area contributed by atoms with E-state index >= 15 is 0 Å². The molecule has 19 heavy (non-hydrogen) atoms. The maximum atomic E-state index is 11.2. The van der Waals surface area contributed by atoms with Crippen molar-refractivity contribution in [3.63, 3.8) is 0 Å². The molecule has 0 unspecified atom stereocenters. The first-order valence-corrected chi connectivity index (χ1v) is 7.24. The molecule has 9 heteroatoms. The van der Waals surface area contributed by atoms with Crippen molar-refractivity contribution in [2.45, 2.75) is 12.5 Å². The predicted octanol–water partition coefficient (Wildman–Crippen LogP) is 1.62. The lowest BCUT2D eigenvalue weighted by molar-refractivity contribution is -0.137. The Hall–Kier alpha value is -1.54. The van der Waals surface area contributed by atoms with E-state index in [1.54, 1.807) is 11.8 Å². The van der Waals surface area contributed by atoms with E-state index in [-0.39, 0.29) is 5.28 Å². The van der Waals surface area contributed by atoms with Crippen LogP contribution in [-0.2, 0) is 4.79 Å². The van der Waals surface area contributed by atoms with Crippen LogP contribution in [0.2, 0.25) is 5.28 Å². The number of aliphatic carboxylic acids is 1. The van der Waals surface area contributed by atoms with Crippen molar-refractivity contribution < 1.29 is 9.90 Å². The van der Waals surface area contributed by atoms with Crippen molar-refractivity contribution in [1.82, 2.24) is 19.9 Å². The topological polar surface area (TPSA) is 104 Å². The first-order chi connectivity index (χ1) is 9.11. The lowest BCUT2D eigenvalue weighted by Gasteiger charge is -2.14. The second-order valence-corrected chi connectivity index (χ2v) is 5.08. The van der Waals surface area contributed by atoms with E-state index in [1.165, 1.54) is 6.33 Å². The Morgan fingerprint density at radius 3 is 3.11 bits per heavy atom. The van der Waals surface area contributed by atoms with Gasteiger partial charge >= 0.3 is 5.97 Å². The van der Waals surface area contributed by atoms with Crippen LogP contribution >= 0.6 is 23.4 Å². The number of thioether (sulfide) groups is 1. The molecular formula is C10H12ClN5O2S. The molecular weight excluding hydrogens is 290 g/mol. The van der Waals surface area contributed by atoms with Gasteiger partial charge in [-0.1, -0.05) is 0 Å². The van der Waals surface area contributed by atoms with Gasteiger partial charge in [0.15, 0.2) is 11.5 Å². The van der Waals surface area contributed by atoms with Gasteiger partial charge < -0.3 is 15.4 Å². The summed E-state index contributed by atoms with van der Waals surface area (Å²) in [5, 5.41) is 12.1. The first-order valence-electron chi connectivity index (χ1n) is 5.46. The van der Waals surface area contributed by atoms with Crippen LogP contribution in [-0.4, -0.2) is 49.1 Å². The molecule has 0 aliphatic heterocycles. The van der Waals surface area contributed by atoms with Crippen LogP contribution in [0.3, 0.4) is 0 Å². The average molecular weight is 302 g/mol. The molecule has 0 fully saturated rings. The molecule has 2 aromatic rings. The minimum absolute atomic E-state index is 0.0242. The normalized spacial score (nSPS) is 12.5. The van der Waals surface area contributed by atoms with Crippen molar-refractivity contribution in [3.05, 3.63) is 11.6 Å². The monoisotopic (exact) mass is 301 g/mol. The van der Waals surface area contributed by atoms with Crippen LogP contribution in [0.5, 0.6) is 0 Å². The number of nitrogens with zero attached hydrogens (tertiary/aromatic N) is 3. The molecule has 102 valence electrons. The SMILES string of the molecule is CSCC[C@H](Nc1nc(Cl)nc2nc[nH]c12)C(=O)O. The highest BCUT2D eigenvalue weighted by Gasteiger charge is 2.19. The number of imidazole rings is 1. The number of halogens is 1. The molecule has 0 spiro atoms. The molecule has 0 aliphatic carbocycles. The molecule has 0 saturated heterocycles. The van der Waals surface area contributed by atoms with Crippen molar-refractivity contribution in [2.24, 2.45) is 0 Å². The molecule has 0 aromatic carbocycles. The standard InChI is InChI=1S/C10H12ClN5O2S/c1-19-3-2-5(9(17)18)14-8-6-7(13-4-12-6)15-10(11)16-8/h4-5H,2-3H2,1H3,(H,17,18)(H2,12,13,14,15,16)/t5-/m0/s1. The largest absolute Gasteiger partial charge is 0.480 e. The number of H-pyrrole nitrogens is 1. The van der Waals surface area contributed by atoms with Gasteiger partial charge in [0.2, 0.25) is 5.28 Å². The van der Waals surface area contributed by atoms with Gasteiger partial charge in [0.1, 0.15) is 11.6 Å². The van der Waals surface area contributed by atoms with E-state index in [0.717, 1.165) is 5.75 Å². The third-order valence-corrected chi connectivity index (χ3v) is 3.29. The maximum Gasteiger partial charge on any atom is 0.326 e.